The van der Waals surface area contributed by atoms with Crippen LogP contribution in [-0.2, 0) is 7.05 Å². The van der Waals surface area contributed by atoms with Crippen LogP contribution in [0.25, 0.3) is 11.3 Å². The minimum atomic E-state index is 0.174. The van der Waals surface area contributed by atoms with E-state index in [1.807, 2.05) is 20.2 Å². The van der Waals surface area contributed by atoms with Gasteiger partial charge in [0.2, 0.25) is 5.95 Å². The van der Waals surface area contributed by atoms with Gasteiger partial charge in [-0.15, -0.1) is 0 Å². The molecule has 0 aromatic carbocycles. The Kier molecular flexibility index (Phi) is 2.03. The van der Waals surface area contributed by atoms with E-state index >= 15 is 0 Å². The van der Waals surface area contributed by atoms with Crippen LogP contribution in [0.5, 0.6) is 0 Å². The number of aryl methyl sites for hydroxylation is 2. The smallest absolute Gasteiger partial charge is 0.222 e. The largest absolute Gasteiger partial charge is 0.384 e. The standard InChI is InChI=1S/C9H12N6/c1-5-6(4-15(2)14-5)7-3-8(10)13-9(11)12-7/h3-4H,1-2H3,(H4,10,11,12,13). The third kappa shape index (κ3) is 1.74. The second kappa shape index (κ2) is 3.23. The van der Waals surface area contributed by atoms with Crippen LogP contribution < -0.4 is 11.5 Å². The van der Waals surface area contributed by atoms with Gasteiger partial charge in [-0.05, 0) is 6.92 Å². The maximum absolute atomic E-state index is 5.60. The van der Waals surface area contributed by atoms with Crippen LogP contribution in [-0.4, -0.2) is 19.7 Å². The number of nitrogens with two attached hydrogens (primary N) is 2. The highest BCUT2D eigenvalue weighted by Gasteiger charge is 2.09. The van der Waals surface area contributed by atoms with Gasteiger partial charge in [-0.3, -0.25) is 4.68 Å². The van der Waals surface area contributed by atoms with E-state index in [4.69, 9.17) is 11.5 Å². The van der Waals surface area contributed by atoms with Crippen molar-refractivity contribution in [2.75, 3.05) is 11.5 Å². The van der Waals surface area contributed by atoms with E-state index in [2.05, 4.69) is 15.1 Å². The van der Waals surface area contributed by atoms with Gasteiger partial charge < -0.3 is 11.5 Å². The number of nitrogen functional groups attached to an aromatic ring is 2. The van der Waals surface area contributed by atoms with E-state index in [0.29, 0.717) is 11.5 Å². The van der Waals surface area contributed by atoms with Crippen molar-refractivity contribution in [1.29, 1.82) is 0 Å². The van der Waals surface area contributed by atoms with Crippen molar-refractivity contribution < 1.29 is 0 Å². The van der Waals surface area contributed by atoms with Gasteiger partial charge in [0.25, 0.3) is 0 Å². The summed E-state index contributed by atoms with van der Waals surface area (Å²) in [5.74, 6) is 0.536. The molecule has 0 atom stereocenters. The predicted octanol–water partition coefficient (Wildman–Crippen LogP) is 0.350. The van der Waals surface area contributed by atoms with Crippen molar-refractivity contribution >= 4 is 11.8 Å². The predicted molar refractivity (Wildman–Crippen MR) is 57.8 cm³/mol. The molecule has 4 N–H and O–H groups in total. The minimum Gasteiger partial charge on any atom is -0.384 e. The zero-order chi connectivity index (χ0) is 11.0. The monoisotopic (exact) mass is 204 g/mol. The van der Waals surface area contributed by atoms with Crippen molar-refractivity contribution in [3.63, 3.8) is 0 Å². The van der Waals surface area contributed by atoms with Gasteiger partial charge in [-0.1, -0.05) is 0 Å². The average Bonchev–Trinajstić information content (AvgIpc) is 2.43. The fourth-order valence-electron chi connectivity index (χ4n) is 1.47. The van der Waals surface area contributed by atoms with Crippen LogP contribution in [0.15, 0.2) is 12.3 Å². The Morgan fingerprint density at radius 2 is 2.00 bits per heavy atom. The van der Waals surface area contributed by atoms with Crippen molar-refractivity contribution in [1.82, 2.24) is 19.7 Å². The number of hydrogen-bond donors (Lipinski definition) is 2. The lowest BCUT2D eigenvalue weighted by atomic mass is 10.2. The molecule has 0 bridgehead atoms. The Labute approximate surface area is 86.9 Å². The molecule has 0 saturated heterocycles. The molecule has 0 unspecified atom stereocenters. The molecule has 0 aliphatic heterocycles. The molecule has 0 amide bonds. The second-order valence-electron chi connectivity index (χ2n) is 3.34. The number of nitrogens with zero attached hydrogens (tertiary/aromatic N) is 4. The summed E-state index contributed by atoms with van der Waals surface area (Å²) in [5.41, 5.74) is 13.6. The summed E-state index contributed by atoms with van der Waals surface area (Å²) in [6, 6.07) is 1.68. The van der Waals surface area contributed by atoms with E-state index < -0.39 is 0 Å². The van der Waals surface area contributed by atoms with Crippen molar-refractivity contribution in [3.05, 3.63) is 18.0 Å². The lowest BCUT2D eigenvalue weighted by molar-refractivity contribution is 0.756. The third-order valence-corrected chi connectivity index (χ3v) is 2.05. The van der Waals surface area contributed by atoms with Gasteiger partial charge in [0.05, 0.1) is 11.4 Å². The van der Waals surface area contributed by atoms with Crippen molar-refractivity contribution in [2.24, 2.45) is 7.05 Å². The Balaban J connectivity index is 2.58. The van der Waals surface area contributed by atoms with E-state index in [1.54, 1.807) is 10.7 Å². The van der Waals surface area contributed by atoms with Crippen LogP contribution in [0.2, 0.25) is 0 Å². The third-order valence-electron chi connectivity index (χ3n) is 2.05. The summed E-state index contributed by atoms with van der Waals surface area (Å²) < 4.78 is 1.72. The quantitative estimate of drug-likeness (QED) is 0.698. The van der Waals surface area contributed by atoms with Gasteiger partial charge in [0.1, 0.15) is 5.82 Å². The Bertz CT molecular complexity index is 481. The van der Waals surface area contributed by atoms with E-state index in [-0.39, 0.29) is 5.95 Å². The molecule has 0 spiro atoms. The first kappa shape index (κ1) is 9.45. The van der Waals surface area contributed by atoms with E-state index in [0.717, 1.165) is 11.3 Å². The molecule has 0 saturated carbocycles. The summed E-state index contributed by atoms with van der Waals surface area (Å²) in [6.07, 6.45) is 1.87. The van der Waals surface area contributed by atoms with Crippen molar-refractivity contribution in [2.45, 2.75) is 6.92 Å². The van der Waals surface area contributed by atoms with Gasteiger partial charge in [-0.25, -0.2) is 4.98 Å². The molecule has 6 heteroatoms. The fraction of sp³-hybridized carbons (Fsp3) is 0.222. The Hall–Kier alpha value is -2.11. The summed E-state index contributed by atoms with van der Waals surface area (Å²) in [6.45, 7) is 1.91. The highest BCUT2D eigenvalue weighted by molar-refractivity contribution is 5.64. The first-order valence-corrected chi connectivity index (χ1v) is 4.47. The number of anilines is 2. The van der Waals surface area contributed by atoms with Gasteiger partial charge in [0.15, 0.2) is 0 Å². The Morgan fingerprint density at radius 1 is 1.27 bits per heavy atom. The first-order valence-electron chi connectivity index (χ1n) is 4.47. The maximum Gasteiger partial charge on any atom is 0.222 e. The Morgan fingerprint density at radius 3 is 2.53 bits per heavy atom. The SMILES string of the molecule is Cc1nn(C)cc1-c1cc(N)nc(N)n1. The number of hydrogen-bond acceptors (Lipinski definition) is 5. The molecule has 2 rings (SSSR count). The van der Waals surface area contributed by atoms with E-state index in [9.17, 15) is 0 Å². The molecule has 6 nitrogen and oxygen atoms in total. The van der Waals surface area contributed by atoms with Gasteiger partial charge >= 0.3 is 0 Å². The average molecular weight is 204 g/mol. The molecular weight excluding hydrogens is 192 g/mol. The van der Waals surface area contributed by atoms with Crippen molar-refractivity contribution in [3.8, 4) is 11.3 Å². The van der Waals surface area contributed by atoms with Crippen LogP contribution in [0, 0.1) is 6.92 Å². The van der Waals surface area contributed by atoms with Crippen LogP contribution >= 0.6 is 0 Å². The van der Waals surface area contributed by atoms with Crippen LogP contribution in [0.3, 0.4) is 0 Å². The van der Waals surface area contributed by atoms with Gasteiger partial charge in [-0.2, -0.15) is 10.1 Å². The van der Waals surface area contributed by atoms with Gasteiger partial charge in [0, 0.05) is 24.9 Å². The second-order valence-corrected chi connectivity index (χ2v) is 3.34. The maximum atomic E-state index is 5.60. The molecular formula is C9H12N6. The lowest BCUT2D eigenvalue weighted by Gasteiger charge is -2.00. The normalized spacial score (nSPS) is 10.5. The fourth-order valence-corrected chi connectivity index (χ4v) is 1.47. The van der Waals surface area contributed by atoms with Crippen LogP contribution in [0.1, 0.15) is 5.69 Å². The first-order chi connectivity index (χ1) is 7.06. The minimum absolute atomic E-state index is 0.174. The van der Waals surface area contributed by atoms with Crippen LogP contribution in [0.4, 0.5) is 11.8 Å². The number of aromatic nitrogens is 4. The zero-order valence-corrected chi connectivity index (χ0v) is 8.60. The highest BCUT2D eigenvalue weighted by atomic mass is 15.2. The summed E-state index contributed by atoms with van der Waals surface area (Å²) >= 11 is 0. The molecule has 78 valence electrons. The molecule has 2 aromatic heterocycles. The molecule has 0 fully saturated rings. The summed E-state index contributed by atoms with van der Waals surface area (Å²) in [5, 5.41) is 4.22. The topological polar surface area (TPSA) is 95.6 Å². The summed E-state index contributed by atoms with van der Waals surface area (Å²) in [4.78, 5) is 7.93. The summed E-state index contributed by atoms with van der Waals surface area (Å²) in [7, 11) is 1.85. The molecule has 15 heavy (non-hydrogen) atoms. The molecule has 2 aromatic rings. The van der Waals surface area contributed by atoms with E-state index in [1.165, 1.54) is 0 Å². The number of rotatable bonds is 1. The highest BCUT2D eigenvalue weighted by Crippen LogP contribution is 2.21. The lowest BCUT2D eigenvalue weighted by Crippen LogP contribution is -2.00. The molecule has 0 radical (unpaired) electrons. The molecule has 2 heterocycles. The molecule has 0 aliphatic carbocycles. The molecule has 0 aliphatic rings. The zero-order valence-electron chi connectivity index (χ0n) is 8.60.